The van der Waals surface area contributed by atoms with Crippen molar-refractivity contribution in [3.05, 3.63) is 60.5 Å². The van der Waals surface area contributed by atoms with Crippen molar-refractivity contribution in [2.45, 2.75) is 0 Å². The minimum atomic E-state index is -0.749. The van der Waals surface area contributed by atoms with Crippen LogP contribution in [0.15, 0.2) is 44.4 Å². The molecule has 0 saturated heterocycles. The molecule has 0 aliphatic carbocycles. The fraction of sp³-hybridized carbons (Fsp3) is 0.0667. The number of halogens is 2. The van der Waals surface area contributed by atoms with E-state index >= 15 is 0 Å². The number of nitrogens with one attached hydrogen (secondary N) is 1. The lowest BCUT2D eigenvalue weighted by Crippen LogP contribution is -2.19. The summed E-state index contributed by atoms with van der Waals surface area (Å²) in [4.78, 5) is 22.4. The van der Waals surface area contributed by atoms with Crippen LogP contribution in [-0.2, 0) is 0 Å². The van der Waals surface area contributed by atoms with E-state index in [1.165, 1.54) is 37.6 Å². The number of benzene rings is 2. The standard InChI is InChI=1S/C15H11Br2N3O5/c1-25-12-6-10(16)13(17)9(14(12)21)7-18-19-15(22)8-4-2-3-5-11(8)20(23)24/h2-7,21H,1H3,(H,19,22)/b18-7+. The number of phenols is 1. The number of amides is 1. The molecule has 0 aromatic heterocycles. The molecule has 0 saturated carbocycles. The molecule has 8 nitrogen and oxygen atoms in total. The second-order valence-corrected chi connectivity index (χ2v) is 6.26. The predicted molar refractivity (Wildman–Crippen MR) is 98.2 cm³/mol. The number of para-hydroxylation sites is 1. The SMILES string of the molecule is COc1cc(Br)c(Br)c(/C=N/NC(=O)c2ccccc2[N+](=O)[O-])c1O. The third-order valence-electron chi connectivity index (χ3n) is 3.12. The quantitative estimate of drug-likeness (QED) is 0.392. The van der Waals surface area contributed by atoms with Crippen LogP contribution < -0.4 is 10.2 Å². The molecule has 0 radical (unpaired) electrons. The number of ether oxygens (including phenoxy) is 1. The average Bonchev–Trinajstić information content (AvgIpc) is 2.60. The van der Waals surface area contributed by atoms with Crippen molar-refractivity contribution in [1.29, 1.82) is 0 Å². The molecule has 0 spiro atoms. The average molecular weight is 473 g/mol. The third kappa shape index (κ3) is 4.15. The molecular weight excluding hydrogens is 462 g/mol. The van der Waals surface area contributed by atoms with Gasteiger partial charge in [-0.05, 0) is 44.0 Å². The monoisotopic (exact) mass is 471 g/mol. The van der Waals surface area contributed by atoms with E-state index in [1.54, 1.807) is 6.07 Å². The van der Waals surface area contributed by atoms with Gasteiger partial charge in [0.15, 0.2) is 11.5 Å². The number of aromatic hydroxyl groups is 1. The van der Waals surface area contributed by atoms with Crippen LogP contribution in [0, 0.1) is 10.1 Å². The molecule has 2 aromatic rings. The summed E-state index contributed by atoms with van der Waals surface area (Å²) in [5.41, 5.74) is 2.00. The van der Waals surface area contributed by atoms with Crippen LogP contribution in [0.3, 0.4) is 0 Å². The highest BCUT2D eigenvalue weighted by Gasteiger charge is 2.19. The Kier molecular flexibility index (Phi) is 6.10. The summed E-state index contributed by atoms with van der Waals surface area (Å²) < 4.78 is 6.14. The first kappa shape index (κ1) is 18.9. The van der Waals surface area contributed by atoms with Crippen LogP contribution in [-0.4, -0.2) is 29.3 Å². The highest BCUT2D eigenvalue weighted by molar-refractivity contribution is 9.13. The van der Waals surface area contributed by atoms with E-state index < -0.39 is 10.8 Å². The van der Waals surface area contributed by atoms with Crippen LogP contribution in [0.1, 0.15) is 15.9 Å². The van der Waals surface area contributed by atoms with Gasteiger partial charge in [0, 0.05) is 15.0 Å². The Hall–Kier alpha value is -2.46. The summed E-state index contributed by atoms with van der Waals surface area (Å²) in [6.07, 6.45) is 1.19. The van der Waals surface area contributed by atoms with Crippen molar-refractivity contribution >= 4 is 49.7 Å². The molecular formula is C15H11Br2N3O5. The van der Waals surface area contributed by atoms with Gasteiger partial charge in [0.1, 0.15) is 5.56 Å². The van der Waals surface area contributed by atoms with Gasteiger partial charge in [0.05, 0.1) is 23.8 Å². The van der Waals surface area contributed by atoms with Crippen molar-refractivity contribution in [3.8, 4) is 11.5 Å². The van der Waals surface area contributed by atoms with Crippen molar-refractivity contribution in [2.24, 2.45) is 5.10 Å². The molecule has 0 unspecified atom stereocenters. The maximum atomic E-state index is 12.1. The van der Waals surface area contributed by atoms with Gasteiger partial charge in [-0.25, -0.2) is 5.43 Å². The molecule has 0 atom stereocenters. The molecule has 0 aliphatic rings. The van der Waals surface area contributed by atoms with Crippen LogP contribution in [0.4, 0.5) is 5.69 Å². The van der Waals surface area contributed by atoms with Gasteiger partial charge in [0.25, 0.3) is 11.6 Å². The second kappa shape index (κ2) is 8.08. The number of nitrogens with zero attached hydrogens (tertiary/aromatic N) is 2. The molecule has 10 heteroatoms. The molecule has 0 aliphatic heterocycles. The van der Waals surface area contributed by atoms with Crippen molar-refractivity contribution < 1.29 is 19.6 Å². The molecule has 25 heavy (non-hydrogen) atoms. The van der Waals surface area contributed by atoms with Gasteiger partial charge in [0.2, 0.25) is 0 Å². The Morgan fingerprint density at radius 2 is 2.08 bits per heavy atom. The van der Waals surface area contributed by atoms with Gasteiger partial charge in [-0.2, -0.15) is 5.10 Å². The van der Waals surface area contributed by atoms with Gasteiger partial charge >= 0.3 is 0 Å². The lowest BCUT2D eigenvalue weighted by molar-refractivity contribution is -0.385. The number of hydrogen-bond acceptors (Lipinski definition) is 6. The summed E-state index contributed by atoms with van der Waals surface area (Å²) in [6.45, 7) is 0. The predicted octanol–water partition coefficient (Wildman–Crippen LogP) is 3.60. The zero-order chi connectivity index (χ0) is 18.6. The Labute approximate surface area is 158 Å². The Morgan fingerprint density at radius 3 is 2.72 bits per heavy atom. The highest BCUT2D eigenvalue weighted by atomic mass is 79.9. The number of hydrogen-bond donors (Lipinski definition) is 2. The molecule has 2 N–H and O–H groups in total. The van der Waals surface area contributed by atoms with E-state index in [-0.39, 0.29) is 28.3 Å². The smallest absolute Gasteiger partial charge is 0.282 e. The molecule has 0 heterocycles. The first-order valence-electron chi connectivity index (χ1n) is 6.68. The largest absolute Gasteiger partial charge is 0.504 e. The Bertz CT molecular complexity index is 870. The van der Waals surface area contributed by atoms with Crippen LogP contribution in [0.5, 0.6) is 11.5 Å². The summed E-state index contributed by atoms with van der Waals surface area (Å²) in [5, 5.41) is 24.8. The first-order chi connectivity index (χ1) is 11.9. The molecule has 1 amide bonds. The van der Waals surface area contributed by atoms with E-state index in [9.17, 15) is 20.0 Å². The summed E-state index contributed by atoms with van der Waals surface area (Å²) in [5.74, 6) is -0.719. The highest BCUT2D eigenvalue weighted by Crippen LogP contribution is 2.39. The van der Waals surface area contributed by atoms with Gasteiger partial charge in [-0.1, -0.05) is 12.1 Å². The second-order valence-electron chi connectivity index (χ2n) is 4.61. The Balaban J connectivity index is 2.27. The van der Waals surface area contributed by atoms with Gasteiger partial charge < -0.3 is 9.84 Å². The number of carbonyl (C=O) groups is 1. The van der Waals surface area contributed by atoms with E-state index in [0.717, 1.165) is 0 Å². The minimum Gasteiger partial charge on any atom is -0.504 e. The van der Waals surface area contributed by atoms with E-state index in [4.69, 9.17) is 4.74 Å². The van der Waals surface area contributed by atoms with Crippen LogP contribution in [0.25, 0.3) is 0 Å². The topological polar surface area (TPSA) is 114 Å². The molecule has 2 rings (SSSR count). The molecule has 130 valence electrons. The maximum absolute atomic E-state index is 12.1. The fourth-order valence-corrected chi connectivity index (χ4v) is 2.75. The summed E-state index contributed by atoms with van der Waals surface area (Å²) in [6, 6.07) is 7.07. The lowest BCUT2D eigenvalue weighted by atomic mass is 10.2. The van der Waals surface area contributed by atoms with Crippen molar-refractivity contribution in [2.75, 3.05) is 7.11 Å². The zero-order valence-corrected chi connectivity index (χ0v) is 15.9. The van der Waals surface area contributed by atoms with Gasteiger partial charge in [-0.3, -0.25) is 14.9 Å². The summed E-state index contributed by atoms with van der Waals surface area (Å²) >= 11 is 6.57. The number of carbonyl (C=O) groups excluding carboxylic acids is 1. The van der Waals surface area contributed by atoms with Crippen LogP contribution >= 0.6 is 31.9 Å². The van der Waals surface area contributed by atoms with E-state index in [0.29, 0.717) is 8.95 Å². The number of nitro benzene ring substituents is 1. The molecule has 2 aromatic carbocycles. The number of rotatable bonds is 5. The lowest BCUT2D eigenvalue weighted by Gasteiger charge is -2.09. The van der Waals surface area contributed by atoms with Crippen LogP contribution in [0.2, 0.25) is 0 Å². The van der Waals surface area contributed by atoms with Crippen molar-refractivity contribution in [1.82, 2.24) is 5.43 Å². The van der Waals surface area contributed by atoms with Crippen molar-refractivity contribution in [3.63, 3.8) is 0 Å². The van der Waals surface area contributed by atoms with Gasteiger partial charge in [-0.15, -0.1) is 0 Å². The normalized spacial score (nSPS) is 10.7. The maximum Gasteiger partial charge on any atom is 0.282 e. The van der Waals surface area contributed by atoms with E-state index in [1.807, 2.05) is 0 Å². The van der Waals surface area contributed by atoms with E-state index in [2.05, 4.69) is 42.4 Å². The first-order valence-corrected chi connectivity index (χ1v) is 8.27. The summed E-state index contributed by atoms with van der Waals surface area (Å²) in [7, 11) is 1.40. The Morgan fingerprint density at radius 1 is 1.40 bits per heavy atom. The molecule has 0 fully saturated rings. The zero-order valence-electron chi connectivity index (χ0n) is 12.7. The molecule has 0 bridgehead atoms. The number of methoxy groups -OCH3 is 1. The number of nitro groups is 1. The third-order valence-corrected chi connectivity index (χ3v) is 5.13. The fourth-order valence-electron chi connectivity index (χ4n) is 1.93. The number of hydrazone groups is 1. The minimum absolute atomic E-state index is 0.125. The number of phenolic OH excluding ortho intramolecular Hbond substituents is 1.